The fraction of sp³-hybridized carbons (Fsp3) is 0.500. The van der Waals surface area contributed by atoms with Crippen molar-refractivity contribution in [2.45, 2.75) is 36.9 Å². The number of hydrogen-bond donors (Lipinski definition) is 0. The maximum absolute atomic E-state index is 12.1. The molecule has 0 aromatic heterocycles. The van der Waals surface area contributed by atoms with Crippen LogP contribution in [0.2, 0.25) is 0 Å². The van der Waals surface area contributed by atoms with Crippen molar-refractivity contribution in [3.05, 3.63) is 0 Å². The molecule has 15 nitrogen and oxygen atoms in total. The van der Waals surface area contributed by atoms with Gasteiger partial charge < -0.3 is 0 Å². The van der Waals surface area contributed by atoms with Crippen molar-refractivity contribution in [3.63, 3.8) is 0 Å². The standard InChI is InChI=1S/C12H14GeO15/c14-5(15)1-11(9(22)23,2-6(16)17)27-13(26)28-12(10(24)25,3-7(18)19)4-8(20)21/h1-4H2,(H,14,15)(H,16,17)(H,18,19)(H,20,21)(H,22,23)(H,24,25)/p-2. The Kier molecular flexibility index (Phi) is 8.51. The summed E-state index contributed by atoms with van der Waals surface area (Å²) in [5, 5.41) is 56.9. The average Bonchev–Trinajstić information content (AvgIpc) is 2.42. The van der Waals surface area contributed by atoms with Crippen molar-refractivity contribution >= 4 is 50.8 Å². The normalized spacial score (nSPS) is 11.1. The van der Waals surface area contributed by atoms with Crippen LogP contribution in [0, 0.1) is 0 Å². The summed E-state index contributed by atoms with van der Waals surface area (Å²) in [5.74, 6) is -12.5. The van der Waals surface area contributed by atoms with Gasteiger partial charge in [0.05, 0.1) is 0 Å². The van der Waals surface area contributed by atoms with Crippen molar-refractivity contribution in [1.82, 2.24) is 0 Å². The van der Waals surface area contributed by atoms with Crippen LogP contribution in [0.15, 0.2) is 0 Å². The second kappa shape index (κ2) is 9.63. The van der Waals surface area contributed by atoms with Gasteiger partial charge in [-0.05, 0) is 0 Å². The molecule has 4 N–H and O–H groups in total. The molecule has 0 aromatic carbocycles. The van der Waals surface area contributed by atoms with Crippen molar-refractivity contribution in [3.8, 4) is 0 Å². The van der Waals surface area contributed by atoms with Gasteiger partial charge in [0.1, 0.15) is 0 Å². The number of carboxylic acids is 4. The van der Waals surface area contributed by atoms with Crippen LogP contribution in [0.1, 0.15) is 25.7 Å². The van der Waals surface area contributed by atoms with Gasteiger partial charge in [-0.25, -0.2) is 0 Å². The molecule has 0 saturated heterocycles. The molecule has 16 heteroatoms. The summed E-state index contributed by atoms with van der Waals surface area (Å²) in [6.45, 7) is 0. The van der Waals surface area contributed by atoms with E-state index in [0.717, 1.165) is 0 Å². The van der Waals surface area contributed by atoms with Gasteiger partial charge >= 0.3 is 158 Å². The number of aliphatic carboxylic acids is 4. The molecular weight excluding hydrogens is 457 g/mol. The summed E-state index contributed by atoms with van der Waals surface area (Å²) in [6, 6.07) is 0. The minimum atomic E-state index is -5.22. The Hall–Kier alpha value is -3.24. The third-order valence-corrected chi connectivity index (χ3v) is 5.44. The third kappa shape index (κ3) is 7.18. The average molecular weight is 469 g/mol. The molecule has 28 heavy (non-hydrogen) atoms. The van der Waals surface area contributed by atoms with Gasteiger partial charge in [0, 0.05) is 0 Å². The summed E-state index contributed by atoms with van der Waals surface area (Å²) in [7, 11) is 0. The molecule has 0 unspecified atom stereocenters. The van der Waals surface area contributed by atoms with E-state index in [0.29, 0.717) is 0 Å². The van der Waals surface area contributed by atoms with E-state index in [1.165, 1.54) is 0 Å². The molecule has 0 bridgehead atoms. The molecule has 0 radical (unpaired) electrons. The first kappa shape index (κ1) is 24.8. The minimum absolute atomic E-state index is 1.62. The number of carbonyl (C=O) groups is 6. The van der Waals surface area contributed by atoms with Crippen LogP contribution in [0.5, 0.6) is 0 Å². The predicted molar refractivity (Wildman–Crippen MR) is 69.8 cm³/mol. The van der Waals surface area contributed by atoms with Crippen molar-refractivity contribution < 1.29 is 70.7 Å². The number of carboxylic acid groups (broad SMARTS) is 4. The number of carbonyl (C=O) groups excluding carboxylic acids is 6. The third-order valence-electron chi connectivity index (χ3n) is 3.10. The van der Waals surface area contributed by atoms with Crippen molar-refractivity contribution in [2.75, 3.05) is 0 Å². The molecule has 0 rings (SSSR count). The topological polar surface area (TPSA) is 276 Å². The Morgan fingerprint density at radius 2 is 0.857 bits per heavy atom. The second-order valence-corrected chi connectivity index (χ2v) is 7.20. The molecule has 0 saturated carbocycles. The van der Waals surface area contributed by atoms with Gasteiger partial charge in [0.15, 0.2) is 0 Å². The summed E-state index contributed by atoms with van der Waals surface area (Å²) < 4.78 is 21.0. The van der Waals surface area contributed by atoms with Crippen LogP contribution in [0.25, 0.3) is 0 Å². The van der Waals surface area contributed by atoms with Gasteiger partial charge in [-0.15, -0.1) is 0 Å². The first-order valence-corrected chi connectivity index (χ1v) is 9.46. The van der Waals surface area contributed by atoms with Gasteiger partial charge in [-0.3, -0.25) is 0 Å². The zero-order valence-corrected chi connectivity index (χ0v) is 15.7. The summed E-state index contributed by atoms with van der Waals surface area (Å²) in [6.07, 6.45) is -6.47. The summed E-state index contributed by atoms with van der Waals surface area (Å²) in [4.78, 5) is 65.8. The first-order valence-electron chi connectivity index (χ1n) is 6.89. The Labute approximate surface area is 159 Å². The molecule has 0 aromatic rings. The number of rotatable bonds is 14. The fourth-order valence-electron chi connectivity index (χ4n) is 1.96. The van der Waals surface area contributed by atoms with Crippen LogP contribution < -0.4 is 20.4 Å². The molecule has 0 amide bonds. The number of hydrogen-bond acceptors (Lipinski definition) is 13. The van der Waals surface area contributed by atoms with E-state index >= 15 is 0 Å². The van der Waals surface area contributed by atoms with Gasteiger partial charge in [0.25, 0.3) is 0 Å². The zero-order chi connectivity index (χ0) is 22.3. The van der Waals surface area contributed by atoms with Crippen LogP contribution in [0.3, 0.4) is 0 Å². The Morgan fingerprint density at radius 1 is 0.643 bits per heavy atom. The maximum atomic E-state index is 12.1. The first-order chi connectivity index (χ1) is 12.7. The van der Waals surface area contributed by atoms with E-state index in [1.54, 1.807) is 0 Å². The van der Waals surface area contributed by atoms with Crippen LogP contribution >= 0.6 is 0 Å². The van der Waals surface area contributed by atoms with Crippen LogP contribution in [-0.4, -0.2) is 72.2 Å². The Balaban J connectivity index is 5.97. The van der Waals surface area contributed by atoms with E-state index in [9.17, 15) is 53.0 Å². The Morgan fingerprint density at radius 3 is 1.00 bits per heavy atom. The van der Waals surface area contributed by atoms with Crippen molar-refractivity contribution in [2.24, 2.45) is 0 Å². The molecule has 0 aliphatic carbocycles. The SMILES string of the molecule is O=C([O-])CC(CC(=O)[O-])([O][Ge](=[O])[O]C(CC(=O)[O-])(CC(=O)[O-])C(=O)[OH2+])C(=O)[OH2+]. The molecule has 0 spiro atoms. The van der Waals surface area contributed by atoms with E-state index in [4.69, 9.17) is 10.2 Å². The molecular formula is C12H12GeO15-2. The fourth-order valence-corrected chi connectivity index (χ4v) is 4.38. The predicted octanol–water partition coefficient (Wildman–Crippen LogP) is -9.03. The van der Waals surface area contributed by atoms with Gasteiger partial charge in [0.2, 0.25) is 0 Å². The van der Waals surface area contributed by atoms with Crippen LogP contribution in [0.4, 0.5) is 0 Å². The van der Waals surface area contributed by atoms with Gasteiger partial charge in [-0.2, -0.15) is 0 Å². The molecule has 156 valence electrons. The molecule has 0 atom stereocenters. The zero-order valence-electron chi connectivity index (χ0n) is 13.6. The van der Waals surface area contributed by atoms with Crippen molar-refractivity contribution in [1.29, 1.82) is 0 Å². The molecule has 0 aliphatic heterocycles. The molecule has 0 aliphatic rings. The van der Waals surface area contributed by atoms with E-state index in [1.807, 2.05) is 0 Å². The molecule has 0 fully saturated rings. The second-order valence-electron chi connectivity index (χ2n) is 5.30. The monoisotopic (exact) mass is 470 g/mol. The Bertz CT molecular complexity index is 620. The van der Waals surface area contributed by atoms with Crippen LogP contribution in [-0.2, 0) is 40.1 Å². The summed E-state index contributed by atoms with van der Waals surface area (Å²) >= 11 is -5.22. The van der Waals surface area contributed by atoms with Gasteiger partial charge in [-0.1, -0.05) is 0 Å². The molecule has 0 heterocycles. The quantitative estimate of drug-likeness (QED) is 0.169. The van der Waals surface area contributed by atoms with E-state index in [-0.39, 0.29) is 0 Å². The van der Waals surface area contributed by atoms with E-state index in [2.05, 4.69) is 7.53 Å². The van der Waals surface area contributed by atoms with E-state index < -0.39 is 87.7 Å². The summed E-state index contributed by atoms with van der Waals surface area (Å²) in [5.41, 5.74) is -6.32.